The predicted molar refractivity (Wildman–Crippen MR) is 175 cm³/mol. The number of allylic oxidation sites excluding steroid dienone is 1. The van der Waals surface area contributed by atoms with Gasteiger partial charge in [-0.15, -0.1) is 0 Å². The molecule has 1 N–H and O–H groups in total. The summed E-state index contributed by atoms with van der Waals surface area (Å²) in [5, 5.41) is 13.1. The number of fused-ring (bicyclic) bond motifs is 5. The molecule has 44 heavy (non-hydrogen) atoms. The lowest BCUT2D eigenvalue weighted by Gasteiger charge is -2.63. The van der Waals surface area contributed by atoms with Crippen LogP contribution in [0.1, 0.15) is 96.5 Å². The second kappa shape index (κ2) is 12.3. The molecule has 0 unspecified atom stereocenters. The molecule has 1 aromatic carbocycles. The molecule has 7 atom stereocenters. The summed E-state index contributed by atoms with van der Waals surface area (Å²) in [6, 6.07) is 8.58. The van der Waals surface area contributed by atoms with E-state index in [4.69, 9.17) is 14.2 Å². The SMILES string of the molecule is COc1ccc([C@]2(OCCN3CCCC3)CC[C@]3(O)[C@@H]4CC=C5C[C@@H](OCCN6CCCC6)CC[C@]5(C)[C@H]4CC[C@]23C)cc1. The monoisotopic (exact) mass is 606 g/mol. The van der Waals surface area contributed by atoms with Crippen molar-refractivity contribution in [2.45, 2.75) is 108 Å². The fraction of sp³-hybridized carbons (Fsp3) is 0.789. The lowest BCUT2D eigenvalue weighted by atomic mass is 9.45. The Morgan fingerprint density at radius 2 is 1.50 bits per heavy atom. The van der Waals surface area contributed by atoms with Crippen molar-refractivity contribution >= 4 is 0 Å². The highest BCUT2D eigenvalue weighted by atomic mass is 16.5. The van der Waals surface area contributed by atoms with Crippen LogP contribution in [-0.2, 0) is 15.1 Å². The molecule has 0 aromatic heterocycles. The van der Waals surface area contributed by atoms with E-state index in [0.29, 0.717) is 18.6 Å². The summed E-state index contributed by atoms with van der Waals surface area (Å²) >= 11 is 0. The Bertz CT molecular complexity index is 1180. The number of methoxy groups -OCH3 is 1. The van der Waals surface area contributed by atoms with E-state index in [1.165, 1.54) is 63.8 Å². The summed E-state index contributed by atoms with van der Waals surface area (Å²) in [6.07, 6.45) is 16.4. The van der Waals surface area contributed by atoms with E-state index in [1.807, 2.05) is 0 Å². The number of benzene rings is 1. The normalized spacial score (nSPS) is 40.8. The average molecular weight is 607 g/mol. The van der Waals surface area contributed by atoms with Crippen molar-refractivity contribution in [3.8, 4) is 5.75 Å². The Labute approximate surface area is 266 Å². The summed E-state index contributed by atoms with van der Waals surface area (Å²) in [5.74, 6) is 1.66. The zero-order valence-corrected chi connectivity index (χ0v) is 27.8. The number of hydrogen-bond acceptors (Lipinski definition) is 6. The minimum Gasteiger partial charge on any atom is -0.497 e. The van der Waals surface area contributed by atoms with Gasteiger partial charge in [0.2, 0.25) is 0 Å². The maximum absolute atomic E-state index is 13.1. The van der Waals surface area contributed by atoms with Crippen LogP contribution >= 0.6 is 0 Å². The molecule has 2 aliphatic heterocycles. The highest BCUT2D eigenvalue weighted by Crippen LogP contribution is 2.71. The molecule has 5 fully saturated rings. The maximum atomic E-state index is 13.1. The van der Waals surface area contributed by atoms with Crippen LogP contribution < -0.4 is 4.74 Å². The molecule has 1 aromatic rings. The third kappa shape index (κ3) is 5.10. The number of hydrogen-bond donors (Lipinski definition) is 1. The summed E-state index contributed by atoms with van der Waals surface area (Å²) in [7, 11) is 1.73. The molecule has 0 spiro atoms. The summed E-state index contributed by atoms with van der Waals surface area (Å²) in [6.45, 7) is 13.4. The maximum Gasteiger partial charge on any atom is 0.118 e. The molecular weight excluding hydrogens is 548 g/mol. The number of rotatable bonds is 10. The van der Waals surface area contributed by atoms with Gasteiger partial charge in [0, 0.05) is 18.5 Å². The Morgan fingerprint density at radius 3 is 2.18 bits per heavy atom. The van der Waals surface area contributed by atoms with Crippen molar-refractivity contribution in [1.82, 2.24) is 9.80 Å². The Morgan fingerprint density at radius 1 is 0.818 bits per heavy atom. The van der Waals surface area contributed by atoms with Crippen molar-refractivity contribution in [2.24, 2.45) is 22.7 Å². The van der Waals surface area contributed by atoms with Gasteiger partial charge >= 0.3 is 0 Å². The quantitative estimate of drug-likeness (QED) is 0.305. The molecule has 6 heteroatoms. The molecular formula is C38H58N2O4. The number of likely N-dealkylation sites (tertiary alicyclic amines) is 2. The van der Waals surface area contributed by atoms with Crippen LogP contribution in [0.3, 0.4) is 0 Å². The molecule has 2 saturated heterocycles. The molecule has 3 saturated carbocycles. The molecule has 0 amide bonds. The van der Waals surface area contributed by atoms with Gasteiger partial charge in [-0.25, -0.2) is 0 Å². The standard InChI is InChI=1S/C38H58N2O4/c1-35-16-14-32(43-26-24-39-20-4-5-21-39)28-30(35)10-13-34-33(35)15-17-36(2)37(34,41)18-19-38(36,29-8-11-31(42-3)12-9-29)44-27-25-40-22-6-7-23-40/h8-12,32-34,41H,4-7,13-28H2,1-3H3/t32-,33-,34+,35-,36-,37-,38+/m0/s1. The number of ether oxygens (including phenoxy) is 3. The van der Waals surface area contributed by atoms with Gasteiger partial charge in [0.1, 0.15) is 11.4 Å². The lowest BCUT2D eigenvalue weighted by Crippen LogP contribution is -2.63. The Kier molecular flexibility index (Phi) is 8.71. The van der Waals surface area contributed by atoms with Gasteiger partial charge in [-0.05, 0) is 138 Å². The van der Waals surface area contributed by atoms with Crippen LogP contribution in [0.4, 0.5) is 0 Å². The van der Waals surface area contributed by atoms with Crippen molar-refractivity contribution in [2.75, 3.05) is 59.6 Å². The van der Waals surface area contributed by atoms with Crippen LogP contribution in [-0.4, -0.2) is 86.2 Å². The molecule has 0 radical (unpaired) electrons. The molecule has 6 aliphatic rings. The minimum atomic E-state index is -0.752. The molecule has 6 nitrogen and oxygen atoms in total. The van der Waals surface area contributed by atoms with Gasteiger partial charge in [-0.2, -0.15) is 0 Å². The topological polar surface area (TPSA) is 54.4 Å². The third-order valence-electron chi connectivity index (χ3n) is 13.8. The summed E-state index contributed by atoms with van der Waals surface area (Å²) in [5.41, 5.74) is 1.39. The zero-order chi connectivity index (χ0) is 30.4. The highest BCUT2D eigenvalue weighted by Gasteiger charge is 2.72. The van der Waals surface area contributed by atoms with Crippen LogP contribution in [0.15, 0.2) is 35.9 Å². The van der Waals surface area contributed by atoms with Crippen molar-refractivity contribution < 1.29 is 19.3 Å². The molecule has 4 aliphatic carbocycles. The lowest BCUT2D eigenvalue weighted by molar-refractivity contribution is -0.233. The van der Waals surface area contributed by atoms with Crippen molar-refractivity contribution in [3.63, 3.8) is 0 Å². The van der Waals surface area contributed by atoms with E-state index >= 15 is 0 Å². The minimum absolute atomic E-state index is 0.163. The Hall–Kier alpha value is -1.44. The van der Waals surface area contributed by atoms with E-state index in [9.17, 15) is 5.11 Å². The average Bonchev–Trinajstić information content (AvgIpc) is 3.80. The first-order chi connectivity index (χ1) is 21.3. The van der Waals surface area contributed by atoms with Crippen LogP contribution in [0.5, 0.6) is 5.75 Å². The van der Waals surface area contributed by atoms with E-state index in [2.05, 4.69) is 54.0 Å². The van der Waals surface area contributed by atoms with Crippen molar-refractivity contribution in [1.29, 1.82) is 0 Å². The predicted octanol–water partition coefficient (Wildman–Crippen LogP) is 6.56. The molecule has 0 bridgehead atoms. The molecule has 244 valence electrons. The van der Waals surface area contributed by atoms with Gasteiger partial charge in [-0.1, -0.05) is 37.6 Å². The second-order valence-corrected chi connectivity index (χ2v) is 15.6. The van der Waals surface area contributed by atoms with E-state index in [0.717, 1.165) is 70.4 Å². The van der Waals surface area contributed by atoms with Gasteiger partial charge in [0.05, 0.1) is 32.0 Å². The fourth-order valence-electron chi connectivity index (χ4n) is 11.1. The van der Waals surface area contributed by atoms with Crippen LogP contribution in [0.2, 0.25) is 0 Å². The van der Waals surface area contributed by atoms with Gasteiger partial charge in [-0.3, -0.25) is 0 Å². The number of nitrogens with zero attached hydrogens (tertiary/aromatic N) is 2. The van der Waals surface area contributed by atoms with E-state index in [1.54, 1.807) is 12.7 Å². The van der Waals surface area contributed by atoms with Crippen molar-refractivity contribution in [3.05, 3.63) is 41.5 Å². The second-order valence-electron chi connectivity index (χ2n) is 15.6. The van der Waals surface area contributed by atoms with E-state index in [-0.39, 0.29) is 16.7 Å². The van der Waals surface area contributed by atoms with Gasteiger partial charge in [0.15, 0.2) is 0 Å². The molecule has 2 heterocycles. The molecule has 7 rings (SSSR count). The van der Waals surface area contributed by atoms with Crippen LogP contribution in [0.25, 0.3) is 0 Å². The van der Waals surface area contributed by atoms with Crippen LogP contribution in [0, 0.1) is 22.7 Å². The smallest absolute Gasteiger partial charge is 0.118 e. The first-order valence-electron chi connectivity index (χ1n) is 18.1. The fourth-order valence-corrected chi connectivity index (χ4v) is 11.1. The first kappa shape index (κ1) is 31.2. The largest absolute Gasteiger partial charge is 0.497 e. The zero-order valence-electron chi connectivity index (χ0n) is 27.8. The third-order valence-corrected chi connectivity index (χ3v) is 13.8. The van der Waals surface area contributed by atoms with Gasteiger partial charge in [0.25, 0.3) is 0 Å². The highest BCUT2D eigenvalue weighted by molar-refractivity contribution is 5.38. The summed E-state index contributed by atoms with van der Waals surface area (Å²) < 4.78 is 19.2. The first-order valence-corrected chi connectivity index (χ1v) is 18.1. The summed E-state index contributed by atoms with van der Waals surface area (Å²) in [4.78, 5) is 5.10. The van der Waals surface area contributed by atoms with Gasteiger partial charge < -0.3 is 29.1 Å². The Balaban J connectivity index is 1.11. The van der Waals surface area contributed by atoms with E-state index < -0.39 is 11.2 Å². The number of aliphatic hydroxyl groups is 1.